The van der Waals surface area contributed by atoms with Gasteiger partial charge in [0.25, 0.3) is 0 Å². The Kier molecular flexibility index (Phi) is 4.89. The summed E-state index contributed by atoms with van der Waals surface area (Å²) in [4.78, 5) is 0. The molecule has 3 rings (SSSR count). The summed E-state index contributed by atoms with van der Waals surface area (Å²) in [6.07, 6.45) is 0. The summed E-state index contributed by atoms with van der Waals surface area (Å²) in [6, 6.07) is 23.8. The third-order valence-corrected chi connectivity index (χ3v) is 8.61. The van der Waals surface area contributed by atoms with E-state index in [-0.39, 0.29) is 0 Å². The summed E-state index contributed by atoms with van der Waals surface area (Å²) in [5, 5.41) is 5.68. The lowest BCUT2D eigenvalue weighted by atomic mass is 10.3. The van der Waals surface area contributed by atoms with Crippen molar-refractivity contribution in [2.75, 3.05) is 0 Å². The van der Waals surface area contributed by atoms with Crippen molar-refractivity contribution < 1.29 is 0 Å². The fraction of sp³-hybridized carbons (Fsp3) is 0. The number of hydrogen-bond donors (Lipinski definition) is 0. The van der Waals surface area contributed by atoms with Gasteiger partial charge in [0, 0.05) is 15.1 Å². The van der Waals surface area contributed by atoms with Crippen LogP contribution in [0.3, 0.4) is 0 Å². The molecule has 110 valence electrons. The minimum Gasteiger partial charge on any atom is -0.0845 e. The first-order valence-corrected chi connectivity index (χ1v) is 9.78. The van der Waals surface area contributed by atoms with Crippen LogP contribution in [-0.2, 0) is 0 Å². The van der Waals surface area contributed by atoms with Crippen LogP contribution in [0.4, 0.5) is 0 Å². The van der Waals surface area contributed by atoms with Gasteiger partial charge in [0.1, 0.15) is 8.80 Å². The highest BCUT2D eigenvalue weighted by Crippen LogP contribution is 2.13. The van der Waals surface area contributed by atoms with E-state index in [4.69, 9.17) is 34.8 Å². The maximum Gasteiger partial charge on any atom is 0.138 e. The van der Waals surface area contributed by atoms with E-state index in [9.17, 15) is 0 Å². The smallest absolute Gasteiger partial charge is 0.0845 e. The Bertz CT molecular complexity index is 693. The predicted molar refractivity (Wildman–Crippen MR) is 100 cm³/mol. The van der Waals surface area contributed by atoms with Crippen molar-refractivity contribution in [3.05, 3.63) is 87.9 Å². The van der Waals surface area contributed by atoms with Gasteiger partial charge in [-0.15, -0.1) is 0 Å². The van der Waals surface area contributed by atoms with Crippen LogP contribution in [0.5, 0.6) is 0 Å². The second-order valence-corrected chi connectivity index (χ2v) is 8.95. The number of benzene rings is 3. The average molecular weight is 364 g/mol. The molecule has 0 aromatic heterocycles. The first-order chi connectivity index (χ1) is 10.7. The summed E-state index contributed by atoms with van der Waals surface area (Å²) < 4.78 is 0. The first-order valence-electron chi connectivity index (χ1n) is 6.92. The molecule has 0 amide bonds. The monoisotopic (exact) mass is 362 g/mol. The molecule has 0 atom stereocenters. The summed E-state index contributed by atoms with van der Waals surface area (Å²) in [6.45, 7) is 0. The normalized spacial score (nSPS) is 10.9. The molecular formula is C18H13Cl3Si. The second kappa shape index (κ2) is 6.89. The van der Waals surface area contributed by atoms with Crippen LogP contribution in [0.1, 0.15) is 0 Å². The molecule has 0 saturated heterocycles. The zero-order valence-corrected chi connectivity index (χ0v) is 15.1. The van der Waals surface area contributed by atoms with E-state index in [1.807, 2.05) is 54.6 Å². The van der Waals surface area contributed by atoms with E-state index in [2.05, 4.69) is 18.2 Å². The summed E-state index contributed by atoms with van der Waals surface area (Å²) in [5.41, 5.74) is 0. The Morgan fingerprint density at radius 2 is 0.727 bits per heavy atom. The average Bonchev–Trinajstić information content (AvgIpc) is 2.53. The maximum atomic E-state index is 6.47. The van der Waals surface area contributed by atoms with E-state index in [1.54, 1.807) is 0 Å². The molecule has 0 N–H and O–H groups in total. The molecular weight excluding hydrogens is 351 g/mol. The Hall–Kier alpha value is -1.25. The van der Waals surface area contributed by atoms with Crippen LogP contribution in [0.15, 0.2) is 72.8 Å². The van der Waals surface area contributed by atoms with Gasteiger partial charge in [-0.1, -0.05) is 89.4 Å². The quantitative estimate of drug-likeness (QED) is 0.489. The molecule has 0 aliphatic rings. The van der Waals surface area contributed by atoms with Gasteiger partial charge in [-0.3, -0.25) is 0 Å². The van der Waals surface area contributed by atoms with Crippen LogP contribution in [-0.4, -0.2) is 8.80 Å². The molecule has 0 aliphatic carbocycles. The molecule has 0 saturated carbocycles. The molecule has 0 nitrogen and oxygen atoms in total. The van der Waals surface area contributed by atoms with E-state index >= 15 is 0 Å². The Balaban J connectivity index is 2.27. The highest BCUT2D eigenvalue weighted by molar-refractivity contribution is 6.98. The number of hydrogen-bond acceptors (Lipinski definition) is 0. The number of rotatable bonds is 3. The van der Waals surface area contributed by atoms with Crippen molar-refractivity contribution in [2.24, 2.45) is 0 Å². The lowest BCUT2D eigenvalue weighted by molar-refractivity contribution is 1.71. The maximum absolute atomic E-state index is 6.47. The lowest BCUT2D eigenvalue weighted by Gasteiger charge is -2.20. The third-order valence-electron chi connectivity index (χ3n) is 3.65. The van der Waals surface area contributed by atoms with Crippen molar-refractivity contribution >= 4 is 59.2 Å². The molecule has 0 heterocycles. The van der Waals surface area contributed by atoms with Gasteiger partial charge in [-0.05, 0) is 33.8 Å². The molecule has 3 aromatic carbocycles. The molecule has 0 unspecified atom stereocenters. The van der Waals surface area contributed by atoms with Gasteiger partial charge < -0.3 is 0 Å². The zero-order chi connectivity index (χ0) is 15.5. The molecule has 22 heavy (non-hydrogen) atoms. The first kappa shape index (κ1) is 15.6. The van der Waals surface area contributed by atoms with Gasteiger partial charge >= 0.3 is 0 Å². The van der Waals surface area contributed by atoms with Crippen molar-refractivity contribution in [3.8, 4) is 0 Å². The SMILES string of the molecule is Clc1ccccc1[SiH](c1ccccc1Cl)c1ccccc1Cl. The van der Waals surface area contributed by atoms with Gasteiger partial charge in [-0.2, -0.15) is 0 Å². The molecule has 0 radical (unpaired) electrons. The van der Waals surface area contributed by atoms with Crippen LogP contribution in [0.25, 0.3) is 0 Å². The number of halogens is 3. The van der Waals surface area contributed by atoms with E-state index in [1.165, 1.54) is 0 Å². The van der Waals surface area contributed by atoms with Crippen LogP contribution in [0.2, 0.25) is 15.1 Å². The minimum atomic E-state index is -1.82. The van der Waals surface area contributed by atoms with Crippen molar-refractivity contribution in [2.45, 2.75) is 0 Å². The third kappa shape index (κ3) is 3.09. The lowest BCUT2D eigenvalue weighted by Crippen LogP contribution is -2.53. The van der Waals surface area contributed by atoms with Crippen LogP contribution in [0, 0.1) is 0 Å². The van der Waals surface area contributed by atoms with Crippen LogP contribution < -0.4 is 15.6 Å². The summed E-state index contributed by atoms with van der Waals surface area (Å²) >= 11 is 19.4. The van der Waals surface area contributed by atoms with E-state index < -0.39 is 8.80 Å². The summed E-state index contributed by atoms with van der Waals surface area (Å²) in [5.74, 6) is 0. The minimum absolute atomic E-state index is 0.763. The molecule has 0 spiro atoms. The Morgan fingerprint density at radius 3 is 1.00 bits per heavy atom. The standard InChI is InChI=1S/C18H13Cl3Si/c19-13-7-1-4-10-16(13)22(17-11-5-2-8-14(17)20)18-12-6-3-9-15(18)21/h1-12,22H. The zero-order valence-electron chi connectivity index (χ0n) is 11.6. The fourth-order valence-corrected chi connectivity index (χ4v) is 7.05. The predicted octanol–water partition coefficient (Wildman–Crippen LogP) is 3.90. The molecule has 4 heteroatoms. The Labute approximate surface area is 146 Å². The highest BCUT2D eigenvalue weighted by atomic mass is 35.5. The van der Waals surface area contributed by atoms with Crippen LogP contribution >= 0.6 is 34.8 Å². The second-order valence-electron chi connectivity index (χ2n) is 5.00. The van der Waals surface area contributed by atoms with Gasteiger partial charge in [-0.25, -0.2) is 0 Å². The largest absolute Gasteiger partial charge is 0.138 e. The highest BCUT2D eigenvalue weighted by Gasteiger charge is 2.24. The van der Waals surface area contributed by atoms with Crippen molar-refractivity contribution in [3.63, 3.8) is 0 Å². The fourth-order valence-electron chi connectivity index (χ4n) is 2.63. The van der Waals surface area contributed by atoms with Crippen molar-refractivity contribution in [1.29, 1.82) is 0 Å². The molecule has 0 bridgehead atoms. The van der Waals surface area contributed by atoms with Gasteiger partial charge in [0.15, 0.2) is 0 Å². The molecule has 3 aromatic rings. The van der Waals surface area contributed by atoms with E-state index in [0.29, 0.717) is 0 Å². The molecule has 0 aliphatic heterocycles. The van der Waals surface area contributed by atoms with Gasteiger partial charge in [0.05, 0.1) is 0 Å². The molecule has 0 fully saturated rings. The topological polar surface area (TPSA) is 0 Å². The summed E-state index contributed by atoms with van der Waals surface area (Å²) in [7, 11) is -1.82. The Morgan fingerprint density at radius 1 is 0.455 bits per heavy atom. The van der Waals surface area contributed by atoms with E-state index in [0.717, 1.165) is 30.6 Å². The van der Waals surface area contributed by atoms with Crippen molar-refractivity contribution in [1.82, 2.24) is 0 Å². The van der Waals surface area contributed by atoms with Gasteiger partial charge in [0.2, 0.25) is 0 Å².